The fraction of sp³-hybridized carbons (Fsp3) is 0.167. The quantitative estimate of drug-likeness (QED) is 0.439. The Hall–Kier alpha value is 0.733. The van der Waals surface area contributed by atoms with Gasteiger partial charge in [0.15, 0.2) is 0 Å². The number of hydrogen-bond donors (Lipinski definition) is 0. The number of nitrogens with zero attached hydrogens (tertiary/aromatic N) is 1. The van der Waals surface area contributed by atoms with E-state index in [9.17, 15) is 0 Å². The molecule has 0 radical (unpaired) electrons. The number of halogens is 2. The molecule has 52 valence electrons. The zero-order valence-corrected chi connectivity index (χ0v) is 11.9. The zero-order chi connectivity index (χ0) is 5.11. The molecule has 0 unspecified atom stereocenters. The van der Waals surface area contributed by atoms with Gasteiger partial charge in [0, 0.05) is 12.4 Å². The van der Waals surface area contributed by atoms with Crippen LogP contribution in [0.25, 0.3) is 0 Å². The third-order valence-electron chi connectivity index (χ3n) is 0.847. The van der Waals surface area contributed by atoms with Gasteiger partial charge in [0.1, 0.15) is 0 Å². The predicted octanol–water partition coefficient (Wildman–Crippen LogP) is -4.60. The molecular weight excluding hydrogens is 311 g/mol. The van der Waals surface area contributed by atoms with Crippen molar-refractivity contribution in [3.8, 4) is 0 Å². The first-order valence-corrected chi connectivity index (χ1v) is 2.26. The van der Waals surface area contributed by atoms with Gasteiger partial charge in [0.2, 0.25) is 0 Å². The molecule has 0 aliphatic heterocycles. The molecule has 4 heteroatoms. The molecule has 1 nitrogen and oxygen atoms in total. The van der Waals surface area contributed by atoms with Crippen molar-refractivity contribution in [2.75, 3.05) is 0 Å². The van der Waals surface area contributed by atoms with Gasteiger partial charge in [-0.3, -0.25) is 4.98 Å². The van der Waals surface area contributed by atoms with Gasteiger partial charge < -0.3 is 34.0 Å². The second kappa shape index (κ2) is 9.73. The summed E-state index contributed by atoms with van der Waals surface area (Å²) in [5.41, 5.74) is 1.26. The molecule has 0 aliphatic rings. The predicted molar refractivity (Wildman–Crippen MR) is 29.0 cm³/mol. The van der Waals surface area contributed by atoms with Gasteiger partial charge in [0.25, 0.3) is 0 Å². The summed E-state index contributed by atoms with van der Waals surface area (Å²) in [4.78, 5) is 3.85. The van der Waals surface area contributed by atoms with Crippen molar-refractivity contribution in [2.45, 2.75) is 6.92 Å². The van der Waals surface area contributed by atoms with Crippen LogP contribution in [0, 0.1) is 6.92 Å². The second-order valence-electron chi connectivity index (χ2n) is 1.52. The first kappa shape index (κ1) is 17.0. The van der Waals surface area contributed by atoms with Crippen LogP contribution in [0.1, 0.15) is 5.56 Å². The normalized spacial score (nSPS) is 6.10. The zero-order valence-electron chi connectivity index (χ0n) is 5.72. The molecule has 0 spiro atoms. The SMILES string of the molecule is Cc1ccncc1.[Br-].[Br-].[Zn+2]. The van der Waals surface area contributed by atoms with Gasteiger partial charge >= 0.3 is 19.5 Å². The first-order valence-electron chi connectivity index (χ1n) is 2.26. The summed E-state index contributed by atoms with van der Waals surface area (Å²) in [7, 11) is 0. The van der Waals surface area contributed by atoms with Crippen LogP contribution in [0.4, 0.5) is 0 Å². The van der Waals surface area contributed by atoms with Crippen molar-refractivity contribution in [2.24, 2.45) is 0 Å². The van der Waals surface area contributed by atoms with E-state index >= 15 is 0 Å². The summed E-state index contributed by atoms with van der Waals surface area (Å²) in [5.74, 6) is 0. The van der Waals surface area contributed by atoms with E-state index in [4.69, 9.17) is 0 Å². The molecular formula is C6H7Br2NZn. The fourth-order valence-electron chi connectivity index (χ4n) is 0.426. The Bertz CT molecular complexity index is 146. The molecule has 1 aromatic rings. The number of pyridine rings is 1. The van der Waals surface area contributed by atoms with Crippen LogP contribution in [0.3, 0.4) is 0 Å². The van der Waals surface area contributed by atoms with Crippen LogP contribution >= 0.6 is 0 Å². The molecule has 0 N–H and O–H groups in total. The van der Waals surface area contributed by atoms with E-state index in [0.29, 0.717) is 0 Å². The molecule has 0 amide bonds. The van der Waals surface area contributed by atoms with Gasteiger partial charge in [-0.2, -0.15) is 0 Å². The smallest absolute Gasteiger partial charge is 1.00 e. The van der Waals surface area contributed by atoms with Crippen LogP contribution in [0.2, 0.25) is 0 Å². The maximum atomic E-state index is 3.85. The monoisotopic (exact) mass is 315 g/mol. The van der Waals surface area contributed by atoms with E-state index in [2.05, 4.69) is 4.98 Å². The number of rotatable bonds is 0. The molecule has 1 heterocycles. The Morgan fingerprint density at radius 3 is 1.70 bits per heavy atom. The molecule has 1 aromatic heterocycles. The summed E-state index contributed by atoms with van der Waals surface area (Å²) in [5, 5.41) is 0. The van der Waals surface area contributed by atoms with Crippen LogP contribution in [-0.2, 0) is 19.5 Å². The van der Waals surface area contributed by atoms with Crippen molar-refractivity contribution in [3.05, 3.63) is 30.1 Å². The van der Waals surface area contributed by atoms with E-state index in [-0.39, 0.29) is 53.4 Å². The van der Waals surface area contributed by atoms with E-state index in [1.54, 1.807) is 12.4 Å². The second-order valence-corrected chi connectivity index (χ2v) is 1.52. The average molecular weight is 318 g/mol. The first-order chi connectivity index (χ1) is 3.39. The van der Waals surface area contributed by atoms with E-state index in [0.717, 1.165) is 0 Å². The van der Waals surface area contributed by atoms with Gasteiger partial charge in [-0.05, 0) is 24.6 Å². The third-order valence-corrected chi connectivity index (χ3v) is 0.847. The van der Waals surface area contributed by atoms with Crippen molar-refractivity contribution >= 4 is 0 Å². The Kier molecular flexibility index (Phi) is 16.5. The van der Waals surface area contributed by atoms with E-state index in [1.165, 1.54) is 5.56 Å². The molecule has 10 heavy (non-hydrogen) atoms. The molecule has 0 atom stereocenters. The summed E-state index contributed by atoms with van der Waals surface area (Å²) in [6.07, 6.45) is 3.57. The van der Waals surface area contributed by atoms with Crippen LogP contribution in [0.15, 0.2) is 24.5 Å². The molecule has 0 fully saturated rings. The summed E-state index contributed by atoms with van der Waals surface area (Å²) in [6.45, 7) is 2.04. The van der Waals surface area contributed by atoms with Gasteiger partial charge in [0.05, 0.1) is 0 Å². The van der Waals surface area contributed by atoms with Gasteiger partial charge in [-0.15, -0.1) is 0 Å². The maximum absolute atomic E-state index is 3.85. The average Bonchev–Trinajstić information content (AvgIpc) is 1.69. The van der Waals surface area contributed by atoms with Gasteiger partial charge in [-0.25, -0.2) is 0 Å². The van der Waals surface area contributed by atoms with Crippen LogP contribution in [0.5, 0.6) is 0 Å². The molecule has 1 rings (SSSR count). The number of hydrogen-bond acceptors (Lipinski definition) is 1. The fourth-order valence-corrected chi connectivity index (χ4v) is 0.426. The van der Waals surface area contributed by atoms with Crippen molar-refractivity contribution in [1.82, 2.24) is 4.98 Å². The molecule has 0 saturated carbocycles. The summed E-state index contributed by atoms with van der Waals surface area (Å²) in [6, 6.07) is 3.94. The minimum absolute atomic E-state index is 0. The van der Waals surface area contributed by atoms with Crippen LogP contribution < -0.4 is 34.0 Å². The van der Waals surface area contributed by atoms with Crippen molar-refractivity contribution in [1.29, 1.82) is 0 Å². The Morgan fingerprint density at radius 2 is 1.50 bits per heavy atom. The van der Waals surface area contributed by atoms with Crippen LogP contribution in [-0.4, -0.2) is 4.98 Å². The third kappa shape index (κ3) is 6.85. The van der Waals surface area contributed by atoms with E-state index < -0.39 is 0 Å². The Morgan fingerprint density at radius 1 is 1.10 bits per heavy atom. The molecule has 0 saturated heterocycles. The number of aryl methyl sites for hydroxylation is 1. The van der Waals surface area contributed by atoms with E-state index in [1.807, 2.05) is 19.1 Å². The number of aromatic nitrogens is 1. The minimum atomic E-state index is 0. The molecule has 0 bridgehead atoms. The summed E-state index contributed by atoms with van der Waals surface area (Å²) >= 11 is 0. The largest absolute Gasteiger partial charge is 2.00 e. The Labute approximate surface area is 94.9 Å². The Balaban J connectivity index is -0.000000163. The van der Waals surface area contributed by atoms with Crippen molar-refractivity contribution in [3.63, 3.8) is 0 Å². The minimum Gasteiger partial charge on any atom is -1.00 e. The van der Waals surface area contributed by atoms with Gasteiger partial charge in [-0.1, -0.05) is 0 Å². The maximum Gasteiger partial charge on any atom is 2.00 e. The molecule has 0 aromatic carbocycles. The standard InChI is InChI=1S/C6H7N.2BrH.Zn/c1-6-2-4-7-5-3-6;;;/h2-5H,1H3;2*1H;/q;;;+2/p-2. The topological polar surface area (TPSA) is 12.9 Å². The van der Waals surface area contributed by atoms with Crippen molar-refractivity contribution < 1.29 is 53.4 Å². The molecule has 0 aliphatic carbocycles. The summed E-state index contributed by atoms with van der Waals surface area (Å²) < 4.78 is 0.